The number of nitrogens with one attached hydrogen (secondary N) is 2. The number of anilines is 3. The van der Waals surface area contributed by atoms with Crippen LogP contribution in [0.2, 0.25) is 0 Å². The van der Waals surface area contributed by atoms with Gasteiger partial charge in [0.1, 0.15) is 11.9 Å². The quantitative estimate of drug-likeness (QED) is 0.714. The highest BCUT2D eigenvalue weighted by Crippen LogP contribution is 2.31. The summed E-state index contributed by atoms with van der Waals surface area (Å²) in [4.78, 5) is 24.3. The number of carbonyl (C=O) groups is 1. The Hall–Kier alpha value is -3.32. The molecule has 10 heteroatoms. The smallest absolute Gasteiger partial charge is 0.276 e. The molecule has 0 spiro atoms. The Balaban J connectivity index is 1.74. The number of nitriles is 1. The molecular weight excluding hydrogens is 370 g/mol. The Kier molecular flexibility index (Phi) is 6.19. The third kappa shape index (κ3) is 4.94. The third-order valence-corrected chi connectivity index (χ3v) is 4.95. The maximum absolute atomic E-state index is 12.5. The Morgan fingerprint density at radius 1 is 1.17 bits per heavy atom. The number of rotatable bonds is 7. The molecular formula is C19H25N9O. The topological polar surface area (TPSA) is 123 Å². The summed E-state index contributed by atoms with van der Waals surface area (Å²) in [5, 5.41) is 23.4. The molecule has 1 aliphatic rings. The van der Waals surface area contributed by atoms with Crippen molar-refractivity contribution in [2.24, 2.45) is 5.92 Å². The van der Waals surface area contributed by atoms with E-state index in [4.69, 9.17) is 5.26 Å². The van der Waals surface area contributed by atoms with Gasteiger partial charge in [-0.25, -0.2) is 9.97 Å². The zero-order valence-corrected chi connectivity index (χ0v) is 17.0. The maximum Gasteiger partial charge on any atom is 0.276 e. The lowest BCUT2D eigenvalue weighted by Gasteiger charge is -2.39. The summed E-state index contributed by atoms with van der Waals surface area (Å²) in [5.74, 6) is 1.20. The lowest BCUT2D eigenvalue weighted by atomic mass is 9.79. The van der Waals surface area contributed by atoms with Gasteiger partial charge in [-0.3, -0.25) is 4.79 Å². The van der Waals surface area contributed by atoms with E-state index >= 15 is 0 Å². The van der Waals surface area contributed by atoms with Gasteiger partial charge in [0, 0.05) is 32.7 Å². The summed E-state index contributed by atoms with van der Waals surface area (Å²) in [6, 6.07) is 4.28. The molecule has 1 fully saturated rings. The molecule has 0 radical (unpaired) electrons. The maximum atomic E-state index is 12.5. The molecule has 152 valence electrons. The second-order valence-electron chi connectivity index (χ2n) is 7.55. The zero-order chi connectivity index (χ0) is 21.0. The summed E-state index contributed by atoms with van der Waals surface area (Å²) in [6.07, 6.45) is 5.07. The second-order valence-corrected chi connectivity index (χ2v) is 7.55. The average molecular weight is 395 g/mol. The molecule has 0 saturated heterocycles. The number of carbonyl (C=O) groups excluding carboxylic acids is 1. The van der Waals surface area contributed by atoms with E-state index < -0.39 is 0 Å². The molecule has 3 rings (SSSR count). The summed E-state index contributed by atoms with van der Waals surface area (Å²) in [5.41, 5.74) is 1.12. The summed E-state index contributed by atoms with van der Waals surface area (Å²) in [7, 11) is 7.55. The van der Waals surface area contributed by atoms with E-state index in [0.29, 0.717) is 29.3 Å². The lowest BCUT2D eigenvalue weighted by Crippen LogP contribution is -2.42. The fourth-order valence-corrected chi connectivity index (χ4v) is 3.08. The molecule has 0 unspecified atom stereocenters. The molecule has 1 aliphatic carbocycles. The Morgan fingerprint density at radius 3 is 2.52 bits per heavy atom. The second kappa shape index (κ2) is 8.79. The van der Waals surface area contributed by atoms with Gasteiger partial charge in [-0.1, -0.05) is 0 Å². The minimum atomic E-state index is -0.218. The number of hydrogen-bond acceptors (Lipinski definition) is 9. The number of amides is 1. The monoisotopic (exact) mass is 395 g/mol. The SMILES string of the molecule is CN(C)C(=O)c1nnc(Nc2cnc(C#N)cn2)cc1NCC1CC(N(C)C)C1. The van der Waals surface area contributed by atoms with Gasteiger partial charge < -0.3 is 20.4 Å². The van der Waals surface area contributed by atoms with Gasteiger partial charge in [0.05, 0.1) is 18.1 Å². The molecule has 1 amide bonds. The van der Waals surface area contributed by atoms with Crippen molar-refractivity contribution in [3.8, 4) is 6.07 Å². The van der Waals surface area contributed by atoms with Crippen molar-refractivity contribution in [1.82, 2.24) is 30.0 Å². The van der Waals surface area contributed by atoms with Crippen molar-refractivity contribution >= 4 is 23.2 Å². The Morgan fingerprint density at radius 2 is 1.93 bits per heavy atom. The molecule has 10 nitrogen and oxygen atoms in total. The number of nitrogens with zero attached hydrogens (tertiary/aromatic N) is 7. The van der Waals surface area contributed by atoms with Crippen LogP contribution in [0.5, 0.6) is 0 Å². The predicted octanol–water partition coefficient (Wildman–Crippen LogP) is 1.34. The van der Waals surface area contributed by atoms with Crippen LogP contribution in [0.25, 0.3) is 0 Å². The molecule has 2 aromatic heterocycles. The molecule has 0 atom stereocenters. The van der Waals surface area contributed by atoms with E-state index in [-0.39, 0.29) is 17.3 Å². The Labute approximate surface area is 170 Å². The van der Waals surface area contributed by atoms with E-state index in [1.807, 2.05) is 6.07 Å². The van der Waals surface area contributed by atoms with Crippen LogP contribution in [0, 0.1) is 17.2 Å². The van der Waals surface area contributed by atoms with Gasteiger partial charge in [0.15, 0.2) is 17.2 Å². The van der Waals surface area contributed by atoms with E-state index in [0.717, 1.165) is 19.4 Å². The van der Waals surface area contributed by atoms with Crippen molar-refractivity contribution in [1.29, 1.82) is 5.26 Å². The van der Waals surface area contributed by atoms with Crippen molar-refractivity contribution in [3.05, 3.63) is 29.8 Å². The average Bonchev–Trinajstić information content (AvgIpc) is 2.66. The van der Waals surface area contributed by atoms with E-state index in [1.165, 1.54) is 17.3 Å². The molecule has 2 N–H and O–H groups in total. The van der Waals surface area contributed by atoms with Crippen LogP contribution in [0.15, 0.2) is 18.5 Å². The van der Waals surface area contributed by atoms with E-state index in [9.17, 15) is 4.79 Å². The highest BCUT2D eigenvalue weighted by Gasteiger charge is 2.30. The first-order valence-electron chi connectivity index (χ1n) is 9.36. The molecule has 0 aromatic carbocycles. The highest BCUT2D eigenvalue weighted by molar-refractivity contribution is 5.97. The van der Waals surface area contributed by atoms with E-state index in [2.05, 4.69) is 49.8 Å². The van der Waals surface area contributed by atoms with Crippen molar-refractivity contribution in [2.75, 3.05) is 45.4 Å². The van der Waals surface area contributed by atoms with Crippen molar-refractivity contribution in [2.45, 2.75) is 18.9 Å². The number of hydrogen-bond donors (Lipinski definition) is 2. The molecule has 0 bridgehead atoms. The first-order chi connectivity index (χ1) is 13.9. The van der Waals surface area contributed by atoms with Crippen LogP contribution in [-0.2, 0) is 0 Å². The Bertz CT molecular complexity index is 899. The van der Waals surface area contributed by atoms with Crippen LogP contribution in [-0.4, -0.2) is 76.6 Å². The van der Waals surface area contributed by atoms with Crippen LogP contribution < -0.4 is 10.6 Å². The molecule has 2 aromatic rings. The third-order valence-electron chi connectivity index (χ3n) is 4.95. The van der Waals surface area contributed by atoms with Crippen molar-refractivity contribution in [3.63, 3.8) is 0 Å². The summed E-state index contributed by atoms with van der Waals surface area (Å²) in [6.45, 7) is 0.764. The molecule has 29 heavy (non-hydrogen) atoms. The van der Waals surface area contributed by atoms with Gasteiger partial charge in [0.2, 0.25) is 0 Å². The standard InChI is InChI=1S/C19H25N9O/c1-27(2)14-5-12(6-14)9-22-15-7-16(25-26-18(15)19(29)28(3)4)24-17-11-21-13(8-20)10-23-17/h7,10-12,14H,5-6,9H2,1-4H3,(H2,22,23,24,25). The fraction of sp³-hybridized carbons (Fsp3) is 0.474. The van der Waals surface area contributed by atoms with Crippen LogP contribution in [0.1, 0.15) is 29.0 Å². The molecule has 1 saturated carbocycles. The largest absolute Gasteiger partial charge is 0.383 e. The summed E-state index contributed by atoms with van der Waals surface area (Å²) < 4.78 is 0. The fourth-order valence-electron chi connectivity index (χ4n) is 3.08. The minimum Gasteiger partial charge on any atom is -0.383 e. The molecule has 2 heterocycles. The minimum absolute atomic E-state index is 0.218. The van der Waals surface area contributed by atoms with Gasteiger partial charge in [-0.05, 0) is 32.9 Å². The van der Waals surface area contributed by atoms with Gasteiger partial charge >= 0.3 is 0 Å². The van der Waals surface area contributed by atoms with E-state index in [1.54, 1.807) is 20.2 Å². The molecule has 0 aliphatic heterocycles. The van der Waals surface area contributed by atoms with Crippen LogP contribution in [0.3, 0.4) is 0 Å². The highest BCUT2D eigenvalue weighted by atomic mass is 16.2. The van der Waals surface area contributed by atoms with Gasteiger partial charge in [0.25, 0.3) is 5.91 Å². The summed E-state index contributed by atoms with van der Waals surface area (Å²) >= 11 is 0. The normalized spacial score (nSPS) is 17.9. The number of aromatic nitrogens is 4. The van der Waals surface area contributed by atoms with Crippen LogP contribution >= 0.6 is 0 Å². The first kappa shape index (κ1) is 20.4. The first-order valence-corrected chi connectivity index (χ1v) is 9.36. The van der Waals surface area contributed by atoms with Crippen LogP contribution in [0.4, 0.5) is 17.3 Å². The predicted molar refractivity (Wildman–Crippen MR) is 109 cm³/mol. The van der Waals surface area contributed by atoms with Gasteiger partial charge in [-0.2, -0.15) is 5.26 Å². The lowest BCUT2D eigenvalue weighted by molar-refractivity contribution is 0.0821. The zero-order valence-electron chi connectivity index (χ0n) is 17.0. The van der Waals surface area contributed by atoms with Gasteiger partial charge in [-0.15, -0.1) is 10.2 Å². The van der Waals surface area contributed by atoms with Crippen molar-refractivity contribution < 1.29 is 4.79 Å².